The SMILES string of the molecule is CCOC(=O)c1ccc(N2C(=O)C3Sc4c(sc(=O)n4CC(=O)Nc4ccc(F)cc4)[C@H](c4ccc(C(C)(C)C)cc4)C3C2=O)cc1. The summed E-state index contributed by atoms with van der Waals surface area (Å²) in [4.78, 5) is 68.3. The van der Waals surface area contributed by atoms with E-state index in [1.807, 2.05) is 24.3 Å². The first kappa shape index (κ1) is 32.4. The third kappa shape index (κ3) is 6.15. The first-order valence-corrected chi connectivity index (χ1v) is 16.8. The summed E-state index contributed by atoms with van der Waals surface area (Å²) < 4.78 is 19.8. The number of halogens is 1. The van der Waals surface area contributed by atoms with E-state index in [1.54, 1.807) is 19.1 Å². The lowest BCUT2D eigenvalue weighted by atomic mass is 9.81. The van der Waals surface area contributed by atoms with Gasteiger partial charge in [0.25, 0.3) is 0 Å². The second-order valence-corrected chi connectivity index (χ2v) is 14.5. The number of nitrogens with one attached hydrogen (secondary N) is 1. The van der Waals surface area contributed by atoms with Crippen LogP contribution in [0.15, 0.2) is 82.6 Å². The fourth-order valence-corrected chi connectivity index (χ4v) is 8.67. The number of nitrogens with zero attached hydrogens (tertiary/aromatic N) is 2. The van der Waals surface area contributed by atoms with Crippen LogP contribution in [-0.2, 0) is 31.1 Å². The van der Waals surface area contributed by atoms with Gasteiger partial charge in [0.1, 0.15) is 17.6 Å². The number of benzene rings is 3. The van der Waals surface area contributed by atoms with E-state index in [0.29, 0.717) is 26.8 Å². The minimum Gasteiger partial charge on any atom is -0.462 e. The largest absolute Gasteiger partial charge is 0.462 e. The highest BCUT2D eigenvalue weighted by molar-refractivity contribution is 8.00. The van der Waals surface area contributed by atoms with Crippen molar-refractivity contribution in [2.45, 2.75) is 55.8 Å². The Morgan fingerprint density at radius 3 is 2.19 bits per heavy atom. The number of imide groups is 1. The van der Waals surface area contributed by atoms with Crippen molar-refractivity contribution in [1.82, 2.24) is 4.57 Å². The number of carbonyl (C=O) groups is 4. The number of hydrogen-bond acceptors (Lipinski definition) is 8. The van der Waals surface area contributed by atoms with Crippen LogP contribution in [0.1, 0.15) is 60.0 Å². The summed E-state index contributed by atoms with van der Waals surface area (Å²) in [5, 5.41) is 2.27. The van der Waals surface area contributed by atoms with Gasteiger partial charge in [0.05, 0.1) is 28.8 Å². The van der Waals surface area contributed by atoms with Crippen LogP contribution in [0.5, 0.6) is 0 Å². The topological polar surface area (TPSA) is 115 Å². The molecule has 4 aromatic rings. The van der Waals surface area contributed by atoms with Crippen LogP contribution in [0.25, 0.3) is 0 Å². The molecule has 242 valence electrons. The second kappa shape index (κ2) is 12.6. The maximum absolute atomic E-state index is 14.2. The predicted molar refractivity (Wildman–Crippen MR) is 179 cm³/mol. The molecule has 3 heterocycles. The maximum atomic E-state index is 14.2. The van der Waals surface area contributed by atoms with Gasteiger partial charge >= 0.3 is 10.8 Å². The van der Waals surface area contributed by atoms with Crippen molar-refractivity contribution in [3.8, 4) is 0 Å². The molecule has 2 unspecified atom stereocenters. The summed E-state index contributed by atoms with van der Waals surface area (Å²) in [6.07, 6.45) is 0. The molecule has 9 nitrogen and oxygen atoms in total. The Morgan fingerprint density at radius 1 is 0.915 bits per heavy atom. The Bertz CT molecular complexity index is 1930. The van der Waals surface area contributed by atoms with Gasteiger partial charge in [-0.2, -0.15) is 0 Å². The molecule has 1 aromatic heterocycles. The lowest BCUT2D eigenvalue weighted by Crippen LogP contribution is -2.33. The highest BCUT2D eigenvalue weighted by Gasteiger charge is 2.56. The van der Waals surface area contributed by atoms with Crippen molar-refractivity contribution in [3.63, 3.8) is 0 Å². The molecule has 0 spiro atoms. The average Bonchev–Trinajstić information content (AvgIpc) is 3.48. The Kier molecular flexibility index (Phi) is 8.66. The molecule has 12 heteroatoms. The minimum atomic E-state index is -0.868. The molecule has 3 amide bonds. The Labute approximate surface area is 278 Å². The van der Waals surface area contributed by atoms with Crippen molar-refractivity contribution < 1.29 is 28.3 Å². The number of thiazole rings is 1. The van der Waals surface area contributed by atoms with E-state index in [1.165, 1.54) is 41.0 Å². The molecular weight excluding hydrogens is 642 g/mol. The number of aromatic nitrogens is 1. The van der Waals surface area contributed by atoms with Crippen molar-refractivity contribution in [1.29, 1.82) is 0 Å². The molecule has 3 aromatic carbocycles. The molecule has 47 heavy (non-hydrogen) atoms. The smallest absolute Gasteiger partial charge is 0.338 e. The molecule has 2 aliphatic rings. The quantitative estimate of drug-likeness (QED) is 0.190. The number of amides is 3. The summed E-state index contributed by atoms with van der Waals surface area (Å²) in [5.41, 5.74) is 2.74. The second-order valence-electron chi connectivity index (χ2n) is 12.4. The van der Waals surface area contributed by atoms with Crippen LogP contribution in [-0.4, -0.2) is 40.1 Å². The Morgan fingerprint density at radius 2 is 1.57 bits per heavy atom. The van der Waals surface area contributed by atoms with Crippen molar-refractivity contribution in [2.75, 3.05) is 16.8 Å². The van der Waals surface area contributed by atoms with Crippen LogP contribution in [0.3, 0.4) is 0 Å². The number of fused-ring (bicyclic) bond motifs is 2. The fourth-order valence-electron chi connectivity index (χ4n) is 5.90. The first-order chi connectivity index (χ1) is 22.4. The van der Waals surface area contributed by atoms with Gasteiger partial charge in [0.15, 0.2) is 0 Å². The Hall–Kier alpha value is -4.55. The van der Waals surface area contributed by atoms with E-state index >= 15 is 0 Å². The summed E-state index contributed by atoms with van der Waals surface area (Å²) in [5.74, 6) is -3.74. The normalized spacial score (nSPS) is 18.9. The number of rotatable bonds is 7. The van der Waals surface area contributed by atoms with Gasteiger partial charge in [-0.1, -0.05) is 68.1 Å². The fraction of sp³-hybridized carbons (Fsp3) is 0.286. The van der Waals surface area contributed by atoms with E-state index < -0.39 is 46.6 Å². The van der Waals surface area contributed by atoms with Gasteiger partial charge < -0.3 is 10.1 Å². The van der Waals surface area contributed by atoms with Crippen molar-refractivity contribution in [2.24, 2.45) is 5.92 Å². The summed E-state index contributed by atoms with van der Waals surface area (Å²) in [6, 6.07) is 19.3. The van der Waals surface area contributed by atoms with Crippen LogP contribution in [0.2, 0.25) is 0 Å². The van der Waals surface area contributed by atoms with Crippen LogP contribution in [0.4, 0.5) is 15.8 Å². The van der Waals surface area contributed by atoms with E-state index in [0.717, 1.165) is 39.1 Å². The van der Waals surface area contributed by atoms with Crippen LogP contribution < -0.4 is 15.1 Å². The monoisotopic (exact) mass is 673 g/mol. The maximum Gasteiger partial charge on any atom is 0.338 e. The third-order valence-corrected chi connectivity index (χ3v) is 10.9. The van der Waals surface area contributed by atoms with Crippen LogP contribution >= 0.6 is 23.1 Å². The first-order valence-electron chi connectivity index (χ1n) is 15.1. The summed E-state index contributed by atoms with van der Waals surface area (Å²) >= 11 is 2.08. The molecule has 0 bridgehead atoms. The van der Waals surface area contributed by atoms with Gasteiger partial charge in [-0.15, -0.1) is 0 Å². The zero-order valence-corrected chi connectivity index (χ0v) is 27.7. The number of hydrogen-bond donors (Lipinski definition) is 1. The molecule has 1 N–H and O–H groups in total. The molecule has 6 rings (SSSR count). The number of thioether (sulfide) groups is 1. The molecule has 1 fully saturated rings. The van der Waals surface area contributed by atoms with E-state index in [2.05, 4.69) is 26.1 Å². The van der Waals surface area contributed by atoms with E-state index in [4.69, 9.17) is 4.74 Å². The lowest BCUT2D eigenvalue weighted by molar-refractivity contribution is -0.122. The number of esters is 1. The van der Waals surface area contributed by atoms with Crippen molar-refractivity contribution >= 4 is 58.2 Å². The van der Waals surface area contributed by atoms with E-state index in [-0.39, 0.29) is 23.4 Å². The van der Waals surface area contributed by atoms with Gasteiger partial charge in [0.2, 0.25) is 17.7 Å². The number of anilines is 2. The lowest BCUT2D eigenvalue weighted by Gasteiger charge is -2.31. The minimum absolute atomic E-state index is 0.119. The zero-order chi connectivity index (χ0) is 33.6. The standard InChI is InChI=1S/C35H32FN3O6S2/c1-5-45-33(43)20-8-16-24(17-9-20)39-30(41)27-26(19-6-10-21(11-7-19)35(2,3)4)29-32(46-28(27)31(39)42)38(34(44)47-29)18-25(40)37-23-14-12-22(36)13-15-23/h6-17,26-28H,5,18H2,1-4H3,(H,37,40)/t26-,27?,28?/m1/s1. The van der Waals surface area contributed by atoms with Gasteiger partial charge in [-0.25, -0.2) is 14.1 Å². The predicted octanol–water partition coefficient (Wildman–Crippen LogP) is 5.96. The van der Waals surface area contributed by atoms with E-state index in [9.17, 15) is 28.4 Å². The molecule has 3 atom stereocenters. The molecule has 2 aliphatic heterocycles. The highest BCUT2D eigenvalue weighted by atomic mass is 32.2. The number of ether oxygens (including phenoxy) is 1. The Balaban J connectivity index is 1.39. The zero-order valence-electron chi connectivity index (χ0n) is 26.1. The highest BCUT2D eigenvalue weighted by Crippen LogP contribution is 2.54. The van der Waals surface area contributed by atoms with Gasteiger partial charge in [-0.05, 0) is 72.0 Å². The van der Waals surface area contributed by atoms with Crippen LogP contribution in [0, 0.1) is 11.7 Å². The summed E-state index contributed by atoms with van der Waals surface area (Å²) in [6.45, 7) is 7.88. The molecular formula is C35H32FN3O6S2. The third-order valence-electron chi connectivity index (χ3n) is 8.25. The van der Waals surface area contributed by atoms with Gasteiger partial charge in [-0.3, -0.25) is 23.7 Å². The van der Waals surface area contributed by atoms with Gasteiger partial charge in [0, 0.05) is 16.5 Å². The molecule has 0 radical (unpaired) electrons. The average molecular weight is 674 g/mol. The van der Waals surface area contributed by atoms with Crippen molar-refractivity contribution in [3.05, 3.63) is 110 Å². The molecule has 1 saturated heterocycles. The summed E-state index contributed by atoms with van der Waals surface area (Å²) in [7, 11) is 0. The number of carbonyl (C=O) groups excluding carboxylic acids is 4. The molecule has 0 aliphatic carbocycles. The molecule has 0 saturated carbocycles.